The molecule has 0 unspecified atom stereocenters. The van der Waals surface area contributed by atoms with E-state index in [9.17, 15) is 0 Å². The second-order valence-electron chi connectivity index (χ2n) is 4.74. The molecule has 1 aromatic carbocycles. The smallest absolute Gasteiger partial charge is 0.170 e. The van der Waals surface area contributed by atoms with E-state index in [1.54, 1.807) is 0 Å². The van der Waals surface area contributed by atoms with Gasteiger partial charge in [0.25, 0.3) is 0 Å². The van der Waals surface area contributed by atoms with Crippen molar-refractivity contribution in [2.75, 3.05) is 19.8 Å². The van der Waals surface area contributed by atoms with Crippen LogP contribution in [0.5, 0.6) is 5.75 Å². The fourth-order valence-electron chi connectivity index (χ4n) is 1.93. The molecule has 1 aromatic rings. The topological polar surface area (TPSA) is 77.1 Å². The zero-order valence-corrected chi connectivity index (χ0v) is 12.5. The van der Waals surface area contributed by atoms with E-state index in [1.165, 1.54) is 0 Å². The number of hydrogen-bond donors (Lipinski definition) is 2. The molecule has 0 aliphatic carbocycles. The minimum absolute atomic E-state index is 0.102. The molecule has 3 N–H and O–H groups in total. The van der Waals surface area contributed by atoms with Crippen molar-refractivity contribution >= 4 is 5.84 Å². The SMILES string of the molecule is CCCCOCCOc1c(C)cc(C(N)=NO)cc1C. The highest BCUT2D eigenvalue weighted by molar-refractivity contribution is 5.97. The maximum absolute atomic E-state index is 8.70. The van der Waals surface area contributed by atoms with Crippen molar-refractivity contribution in [3.63, 3.8) is 0 Å². The Bertz CT molecular complexity index is 435. The van der Waals surface area contributed by atoms with Gasteiger partial charge in [0.2, 0.25) is 0 Å². The van der Waals surface area contributed by atoms with Crippen LogP contribution in [0.2, 0.25) is 0 Å². The van der Waals surface area contributed by atoms with Crippen molar-refractivity contribution < 1.29 is 14.7 Å². The molecule has 1 rings (SSSR count). The minimum atomic E-state index is 0.102. The molecule has 0 fully saturated rings. The Labute approximate surface area is 120 Å². The average Bonchev–Trinajstić information content (AvgIpc) is 2.43. The summed E-state index contributed by atoms with van der Waals surface area (Å²) in [4.78, 5) is 0. The van der Waals surface area contributed by atoms with Crippen molar-refractivity contribution in [1.29, 1.82) is 0 Å². The second-order valence-corrected chi connectivity index (χ2v) is 4.74. The Morgan fingerprint density at radius 3 is 2.40 bits per heavy atom. The number of amidine groups is 1. The van der Waals surface area contributed by atoms with Crippen LogP contribution >= 0.6 is 0 Å². The third kappa shape index (κ3) is 4.74. The van der Waals surface area contributed by atoms with E-state index in [4.69, 9.17) is 20.4 Å². The Balaban J connectivity index is 2.58. The number of oxime groups is 1. The average molecular weight is 280 g/mol. The normalized spacial score (nSPS) is 11.7. The van der Waals surface area contributed by atoms with E-state index in [1.807, 2.05) is 26.0 Å². The van der Waals surface area contributed by atoms with Crippen LogP contribution in [-0.2, 0) is 4.74 Å². The van der Waals surface area contributed by atoms with E-state index in [2.05, 4.69) is 12.1 Å². The maximum Gasteiger partial charge on any atom is 0.170 e. The minimum Gasteiger partial charge on any atom is -0.491 e. The quantitative estimate of drug-likeness (QED) is 0.252. The van der Waals surface area contributed by atoms with Crippen molar-refractivity contribution in [3.05, 3.63) is 28.8 Å². The summed E-state index contributed by atoms with van der Waals surface area (Å²) >= 11 is 0. The summed E-state index contributed by atoms with van der Waals surface area (Å²) in [6, 6.07) is 3.69. The molecular formula is C15H24N2O3. The molecule has 0 radical (unpaired) electrons. The third-order valence-corrected chi connectivity index (χ3v) is 2.98. The molecule has 0 amide bonds. The Kier molecular flexibility index (Phi) is 6.87. The summed E-state index contributed by atoms with van der Waals surface area (Å²) in [5.74, 6) is 0.934. The first-order valence-electron chi connectivity index (χ1n) is 6.89. The monoisotopic (exact) mass is 280 g/mol. The first-order valence-corrected chi connectivity index (χ1v) is 6.89. The number of nitrogens with zero attached hydrogens (tertiary/aromatic N) is 1. The van der Waals surface area contributed by atoms with Crippen LogP contribution in [0.25, 0.3) is 0 Å². The van der Waals surface area contributed by atoms with Gasteiger partial charge in [0.1, 0.15) is 12.4 Å². The molecule has 0 spiro atoms. The Morgan fingerprint density at radius 1 is 1.20 bits per heavy atom. The van der Waals surface area contributed by atoms with Gasteiger partial charge in [-0.1, -0.05) is 18.5 Å². The number of hydrogen-bond acceptors (Lipinski definition) is 4. The third-order valence-electron chi connectivity index (χ3n) is 2.98. The summed E-state index contributed by atoms with van der Waals surface area (Å²) in [5.41, 5.74) is 8.20. The summed E-state index contributed by atoms with van der Waals surface area (Å²) < 4.78 is 11.2. The lowest BCUT2D eigenvalue weighted by Crippen LogP contribution is -2.14. The fourth-order valence-corrected chi connectivity index (χ4v) is 1.93. The van der Waals surface area contributed by atoms with Gasteiger partial charge in [-0.25, -0.2) is 0 Å². The van der Waals surface area contributed by atoms with Crippen LogP contribution in [0.1, 0.15) is 36.5 Å². The van der Waals surface area contributed by atoms with E-state index in [0.717, 1.165) is 36.3 Å². The van der Waals surface area contributed by atoms with Crippen molar-refractivity contribution in [1.82, 2.24) is 0 Å². The standard InChI is InChI=1S/C15H24N2O3/c1-4-5-6-19-7-8-20-14-11(2)9-13(10-12(14)3)15(16)17-18/h9-10,18H,4-8H2,1-3H3,(H2,16,17). The molecule has 0 bridgehead atoms. The highest BCUT2D eigenvalue weighted by atomic mass is 16.5. The number of aryl methyl sites for hydroxylation is 2. The second kappa shape index (κ2) is 8.43. The van der Waals surface area contributed by atoms with Gasteiger partial charge in [-0.05, 0) is 43.5 Å². The molecule has 0 aromatic heterocycles. The zero-order chi connectivity index (χ0) is 15.0. The molecule has 0 saturated carbocycles. The van der Waals surface area contributed by atoms with E-state index in [0.29, 0.717) is 18.8 Å². The largest absolute Gasteiger partial charge is 0.491 e. The lowest BCUT2D eigenvalue weighted by atomic mass is 10.1. The summed E-state index contributed by atoms with van der Waals surface area (Å²) in [6.45, 7) is 7.90. The molecule has 0 atom stereocenters. The van der Waals surface area contributed by atoms with Gasteiger partial charge in [0.05, 0.1) is 6.61 Å². The molecule has 0 aliphatic heterocycles. The van der Waals surface area contributed by atoms with Crippen LogP contribution in [0.3, 0.4) is 0 Å². The highest BCUT2D eigenvalue weighted by Gasteiger charge is 2.09. The van der Waals surface area contributed by atoms with Crippen LogP contribution < -0.4 is 10.5 Å². The van der Waals surface area contributed by atoms with Crippen molar-refractivity contribution in [2.45, 2.75) is 33.6 Å². The van der Waals surface area contributed by atoms with E-state index in [-0.39, 0.29) is 5.84 Å². The Hall–Kier alpha value is -1.75. The van der Waals surface area contributed by atoms with Gasteiger partial charge in [0, 0.05) is 12.2 Å². The van der Waals surface area contributed by atoms with Gasteiger partial charge >= 0.3 is 0 Å². The molecule has 0 saturated heterocycles. The summed E-state index contributed by atoms with van der Waals surface area (Å²) in [7, 11) is 0. The lowest BCUT2D eigenvalue weighted by Gasteiger charge is -2.14. The predicted octanol–water partition coefficient (Wildman–Crippen LogP) is 2.59. The van der Waals surface area contributed by atoms with Crippen LogP contribution in [0.15, 0.2) is 17.3 Å². The molecular weight excluding hydrogens is 256 g/mol. The molecule has 5 nitrogen and oxygen atoms in total. The van der Waals surface area contributed by atoms with E-state index >= 15 is 0 Å². The van der Waals surface area contributed by atoms with Crippen LogP contribution in [0, 0.1) is 13.8 Å². The lowest BCUT2D eigenvalue weighted by molar-refractivity contribution is 0.0976. The predicted molar refractivity (Wildman–Crippen MR) is 79.6 cm³/mol. The van der Waals surface area contributed by atoms with Crippen LogP contribution in [0.4, 0.5) is 0 Å². The van der Waals surface area contributed by atoms with Crippen molar-refractivity contribution in [2.24, 2.45) is 10.9 Å². The number of unbranched alkanes of at least 4 members (excludes halogenated alkanes) is 1. The van der Waals surface area contributed by atoms with Gasteiger partial charge in [-0.15, -0.1) is 0 Å². The van der Waals surface area contributed by atoms with Crippen LogP contribution in [-0.4, -0.2) is 30.9 Å². The van der Waals surface area contributed by atoms with Gasteiger partial charge < -0.3 is 20.4 Å². The molecule has 0 aliphatic rings. The summed E-state index contributed by atoms with van der Waals surface area (Å²) in [6.07, 6.45) is 2.21. The molecule has 112 valence electrons. The number of benzene rings is 1. The van der Waals surface area contributed by atoms with Gasteiger partial charge in [-0.3, -0.25) is 0 Å². The van der Waals surface area contributed by atoms with E-state index < -0.39 is 0 Å². The van der Waals surface area contributed by atoms with Gasteiger partial charge in [-0.2, -0.15) is 0 Å². The maximum atomic E-state index is 8.70. The summed E-state index contributed by atoms with van der Waals surface area (Å²) in [5, 5.41) is 11.7. The first kappa shape index (κ1) is 16.3. The van der Waals surface area contributed by atoms with Gasteiger partial charge in [0.15, 0.2) is 5.84 Å². The molecule has 5 heteroatoms. The highest BCUT2D eigenvalue weighted by Crippen LogP contribution is 2.24. The number of rotatable bonds is 8. The number of nitrogens with two attached hydrogens (primary N) is 1. The fraction of sp³-hybridized carbons (Fsp3) is 0.533. The zero-order valence-electron chi connectivity index (χ0n) is 12.5. The van der Waals surface area contributed by atoms with Crippen molar-refractivity contribution in [3.8, 4) is 5.75 Å². The number of ether oxygens (including phenoxy) is 2. The molecule has 20 heavy (non-hydrogen) atoms. The molecule has 0 heterocycles. The first-order chi connectivity index (χ1) is 9.60. The Morgan fingerprint density at radius 2 is 1.85 bits per heavy atom.